The van der Waals surface area contributed by atoms with Crippen LogP contribution in [0.25, 0.3) is 5.69 Å². The maximum Gasteiger partial charge on any atom is 0.224 e. The van der Waals surface area contributed by atoms with Crippen LogP contribution in [0.2, 0.25) is 0 Å². The van der Waals surface area contributed by atoms with Crippen LogP contribution in [0.5, 0.6) is 0 Å². The third kappa shape index (κ3) is 4.93. The van der Waals surface area contributed by atoms with E-state index in [0.29, 0.717) is 24.9 Å². The molecule has 1 aromatic carbocycles. The Morgan fingerprint density at radius 1 is 1.23 bits per heavy atom. The van der Waals surface area contributed by atoms with E-state index in [1.165, 1.54) is 0 Å². The summed E-state index contributed by atoms with van der Waals surface area (Å²) < 4.78 is 7.23. The van der Waals surface area contributed by atoms with Crippen LogP contribution in [0, 0.1) is 5.92 Å². The van der Waals surface area contributed by atoms with E-state index in [4.69, 9.17) is 4.74 Å². The fourth-order valence-corrected chi connectivity index (χ4v) is 3.34. The van der Waals surface area contributed by atoms with Gasteiger partial charge in [-0.25, -0.2) is 4.68 Å². The molecule has 140 valence electrons. The predicted octanol–water partition coefficient (Wildman–Crippen LogP) is 1.89. The van der Waals surface area contributed by atoms with Gasteiger partial charge in [0.25, 0.3) is 0 Å². The topological polar surface area (TPSA) is 59.4 Å². The number of hydrogen-bond acceptors (Lipinski definition) is 4. The third-order valence-electron chi connectivity index (χ3n) is 4.81. The van der Waals surface area contributed by atoms with Crippen LogP contribution in [0.1, 0.15) is 19.4 Å². The first-order chi connectivity index (χ1) is 12.6. The maximum atomic E-state index is 12.4. The van der Waals surface area contributed by atoms with Crippen LogP contribution < -0.4 is 5.32 Å². The van der Waals surface area contributed by atoms with Crippen LogP contribution in [0.15, 0.2) is 42.7 Å². The number of ether oxygens (including phenoxy) is 1. The average molecular weight is 356 g/mol. The standard InChI is InChI=1S/C20H28N4O2/c1-16(2)19(23-8-10-26-11-9-23)14-21-20(25)12-17-13-22-24(15-17)18-6-4-3-5-7-18/h3-7,13,15-16,19H,8-12,14H2,1-2H3,(H,21,25). The first-order valence-electron chi connectivity index (χ1n) is 9.31. The zero-order valence-corrected chi connectivity index (χ0v) is 15.6. The van der Waals surface area contributed by atoms with Gasteiger partial charge in [0.05, 0.1) is 31.5 Å². The molecular weight excluding hydrogens is 328 g/mol. The monoisotopic (exact) mass is 356 g/mol. The lowest BCUT2D eigenvalue weighted by Crippen LogP contribution is -2.51. The first kappa shape index (κ1) is 18.6. The number of nitrogens with zero attached hydrogens (tertiary/aromatic N) is 3. The van der Waals surface area contributed by atoms with E-state index in [1.807, 2.05) is 36.5 Å². The van der Waals surface area contributed by atoms with E-state index in [0.717, 1.165) is 37.6 Å². The summed E-state index contributed by atoms with van der Waals surface area (Å²) in [7, 11) is 0. The average Bonchev–Trinajstić information content (AvgIpc) is 3.11. The van der Waals surface area contributed by atoms with E-state index in [-0.39, 0.29) is 5.91 Å². The van der Waals surface area contributed by atoms with Gasteiger partial charge in [-0.15, -0.1) is 0 Å². The molecule has 0 aliphatic carbocycles. The van der Waals surface area contributed by atoms with Gasteiger partial charge in [-0.05, 0) is 23.6 Å². The fourth-order valence-electron chi connectivity index (χ4n) is 3.34. The number of para-hydroxylation sites is 1. The van der Waals surface area contributed by atoms with Crippen LogP contribution in [-0.2, 0) is 16.0 Å². The highest BCUT2D eigenvalue weighted by molar-refractivity contribution is 5.78. The number of carbonyl (C=O) groups excluding carboxylic acids is 1. The molecule has 1 aliphatic rings. The van der Waals surface area contributed by atoms with Crippen LogP contribution in [0.4, 0.5) is 0 Å². The van der Waals surface area contributed by atoms with Crippen molar-refractivity contribution in [3.05, 3.63) is 48.3 Å². The van der Waals surface area contributed by atoms with Crippen LogP contribution >= 0.6 is 0 Å². The summed E-state index contributed by atoms with van der Waals surface area (Å²) in [4.78, 5) is 14.8. The molecule has 0 radical (unpaired) electrons. The van der Waals surface area contributed by atoms with E-state index in [1.54, 1.807) is 10.9 Å². The van der Waals surface area contributed by atoms with Gasteiger partial charge in [-0.2, -0.15) is 5.10 Å². The maximum absolute atomic E-state index is 12.4. The second kappa shape index (κ2) is 8.96. The molecule has 1 atom stereocenters. The lowest BCUT2D eigenvalue weighted by atomic mass is 10.0. The van der Waals surface area contributed by atoms with Crippen molar-refractivity contribution in [3.8, 4) is 5.69 Å². The van der Waals surface area contributed by atoms with Crippen molar-refractivity contribution in [3.63, 3.8) is 0 Å². The molecule has 6 nitrogen and oxygen atoms in total. The highest BCUT2D eigenvalue weighted by Gasteiger charge is 2.24. The van der Waals surface area contributed by atoms with Gasteiger partial charge >= 0.3 is 0 Å². The molecule has 2 heterocycles. The first-order valence-corrected chi connectivity index (χ1v) is 9.31. The molecule has 1 aliphatic heterocycles. The molecule has 1 amide bonds. The number of aromatic nitrogens is 2. The Bertz CT molecular complexity index is 693. The minimum atomic E-state index is 0.0384. The van der Waals surface area contributed by atoms with Gasteiger partial charge in [-0.3, -0.25) is 9.69 Å². The number of morpholine rings is 1. The predicted molar refractivity (Wildman–Crippen MR) is 101 cm³/mol. The molecule has 1 N–H and O–H groups in total. The van der Waals surface area contributed by atoms with Crippen molar-refractivity contribution in [1.29, 1.82) is 0 Å². The molecule has 1 fully saturated rings. The second-order valence-corrected chi connectivity index (χ2v) is 7.07. The molecule has 0 saturated carbocycles. The van der Waals surface area contributed by atoms with E-state index < -0.39 is 0 Å². The van der Waals surface area contributed by atoms with Crippen molar-refractivity contribution < 1.29 is 9.53 Å². The molecule has 1 saturated heterocycles. The molecular formula is C20H28N4O2. The van der Waals surface area contributed by atoms with Gasteiger partial charge in [0, 0.05) is 31.9 Å². The van der Waals surface area contributed by atoms with Crippen LogP contribution in [0.3, 0.4) is 0 Å². The zero-order chi connectivity index (χ0) is 18.4. The van der Waals surface area contributed by atoms with E-state index in [2.05, 4.69) is 29.2 Å². The normalized spacial score (nSPS) is 16.6. The summed E-state index contributed by atoms with van der Waals surface area (Å²) in [5, 5.41) is 7.45. The Morgan fingerprint density at radius 3 is 2.65 bits per heavy atom. The van der Waals surface area contributed by atoms with Crippen molar-refractivity contribution in [1.82, 2.24) is 20.0 Å². The highest BCUT2D eigenvalue weighted by atomic mass is 16.5. The number of benzene rings is 1. The SMILES string of the molecule is CC(C)C(CNC(=O)Cc1cnn(-c2ccccc2)c1)N1CCOCC1. The number of hydrogen-bond donors (Lipinski definition) is 1. The van der Waals surface area contributed by atoms with Crippen molar-refractivity contribution in [2.75, 3.05) is 32.8 Å². The Kier molecular flexibility index (Phi) is 6.41. The fraction of sp³-hybridized carbons (Fsp3) is 0.500. The number of rotatable bonds is 7. The molecule has 3 rings (SSSR count). The van der Waals surface area contributed by atoms with Crippen molar-refractivity contribution in [2.45, 2.75) is 26.3 Å². The largest absolute Gasteiger partial charge is 0.379 e. The Morgan fingerprint density at radius 2 is 1.96 bits per heavy atom. The molecule has 0 bridgehead atoms. The lowest BCUT2D eigenvalue weighted by Gasteiger charge is -2.36. The quantitative estimate of drug-likeness (QED) is 0.823. The molecule has 0 spiro atoms. The summed E-state index contributed by atoms with van der Waals surface area (Å²) in [6, 6.07) is 10.2. The van der Waals surface area contributed by atoms with Gasteiger partial charge < -0.3 is 10.1 Å². The van der Waals surface area contributed by atoms with Crippen molar-refractivity contribution in [2.24, 2.45) is 5.92 Å². The Hall–Kier alpha value is -2.18. The molecule has 2 aromatic rings. The van der Waals surface area contributed by atoms with Crippen molar-refractivity contribution >= 4 is 5.91 Å². The molecule has 26 heavy (non-hydrogen) atoms. The smallest absolute Gasteiger partial charge is 0.224 e. The summed E-state index contributed by atoms with van der Waals surface area (Å²) >= 11 is 0. The summed E-state index contributed by atoms with van der Waals surface area (Å²) in [5.41, 5.74) is 1.91. The zero-order valence-electron chi connectivity index (χ0n) is 15.6. The van der Waals surface area contributed by atoms with Gasteiger partial charge in [0.15, 0.2) is 0 Å². The molecule has 1 aromatic heterocycles. The summed E-state index contributed by atoms with van der Waals surface area (Å²) in [5.74, 6) is 0.519. The van der Waals surface area contributed by atoms with Gasteiger partial charge in [-0.1, -0.05) is 32.0 Å². The summed E-state index contributed by atoms with van der Waals surface area (Å²) in [6.45, 7) is 8.49. The number of carbonyl (C=O) groups is 1. The van der Waals surface area contributed by atoms with E-state index >= 15 is 0 Å². The molecule has 1 unspecified atom stereocenters. The number of amides is 1. The third-order valence-corrected chi connectivity index (χ3v) is 4.81. The minimum Gasteiger partial charge on any atom is -0.379 e. The second-order valence-electron chi connectivity index (χ2n) is 7.07. The minimum absolute atomic E-state index is 0.0384. The van der Waals surface area contributed by atoms with Gasteiger partial charge in [0.1, 0.15) is 0 Å². The molecule has 6 heteroatoms. The highest BCUT2D eigenvalue weighted by Crippen LogP contribution is 2.12. The van der Waals surface area contributed by atoms with E-state index in [9.17, 15) is 4.79 Å². The van der Waals surface area contributed by atoms with Crippen LogP contribution in [-0.4, -0.2) is 59.5 Å². The lowest BCUT2D eigenvalue weighted by molar-refractivity contribution is -0.120. The Balaban J connectivity index is 1.52. The summed E-state index contributed by atoms with van der Waals surface area (Å²) in [6.07, 6.45) is 4.02. The van der Waals surface area contributed by atoms with Gasteiger partial charge in [0.2, 0.25) is 5.91 Å². The number of nitrogens with one attached hydrogen (secondary N) is 1. The Labute approximate surface area is 155 Å².